The zero-order valence-corrected chi connectivity index (χ0v) is 26.4. The summed E-state index contributed by atoms with van der Waals surface area (Å²) in [5.41, 5.74) is 9.38. The van der Waals surface area contributed by atoms with Gasteiger partial charge in [0.1, 0.15) is 5.75 Å². The number of hydrogen-bond donors (Lipinski definition) is 1. The molecule has 6 unspecified atom stereocenters. The van der Waals surface area contributed by atoms with Gasteiger partial charge in [0, 0.05) is 0 Å². The van der Waals surface area contributed by atoms with E-state index in [0.717, 1.165) is 5.56 Å². The molecule has 196 valence electrons. The Morgan fingerprint density at radius 3 is 1.77 bits per heavy atom. The van der Waals surface area contributed by atoms with Gasteiger partial charge in [-0.15, -0.1) is 0 Å². The molecule has 6 atom stereocenters. The molecule has 1 nitrogen and oxygen atoms in total. The lowest BCUT2D eigenvalue weighted by atomic mass is 9.72. The summed E-state index contributed by atoms with van der Waals surface area (Å²) in [6.07, 6.45) is 1.18. The summed E-state index contributed by atoms with van der Waals surface area (Å²) in [6, 6.07) is 5.98. The molecule has 1 aromatic carbocycles. The largest absolute Gasteiger partial charge is 0.508 e. The van der Waals surface area contributed by atoms with Crippen LogP contribution < -0.4 is 5.19 Å². The molecule has 1 saturated carbocycles. The second-order valence-electron chi connectivity index (χ2n) is 14.5. The predicted octanol–water partition coefficient (Wildman–Crippen LogP) is 9.26. The molecule has 1 N–H and O–H groups in total. The Hall–Kier alpha value is -1.28. The van der Waals surface area contributed by atoms with Gasteiger partial charge >= 0.3 is 0 Å². The Labute approximate surface area is 218 Å². The monoisotopic (exact) mass is 494 g/mol. The molecular formula is C33H54OSi. The number of phenols is 1. The van der Waals surface area contributed by atoms with Crippen molar-refractivity contribution in [2.24, 2.45) is 23.7 Å². The maximum absolute atomic E-state index is 12.0. The fourth-order valence-corrected chi connectivity index (χ4v) is 13.8. The van der Waals surface area contributed by atoms with Crippen LogP contribution in [0, 0.1) is 23.7 Å². The molecule has 0 amide bonds. The van der Waals surface area contributed by atoms with Gasteiger partial charge in [-0.25, -0.2) is 0 Å². The average Bonchev–Trinajstić information content (AvgIpc) is 3.00. The van der Waals surface area contributed by atoms with Gasteiger partial charge in [-0.1, -0.05) is 105 Å². The van der Waals surface area contributed by atoms with Crippen molar-refractivity contribution in [3.8, 4) is 5.75 Å². The van der Waals surface area contributed by atoms with Crippen molar-refractivity contribution in [2.75, 3.05) is 0 Å². The summed E-state index contributed by atoms with van der Waals surface area (Å²) in [7, 11) is -2.10. The molecule has 2 aliphatic carbocycles. The van der Waals surface area contributed by atoms with Crippen LogP contribution in [0.1, 0.15) is 108 Å². The summed E-state index contributed by atoms with van der Waals surface area (Å²) in [6.45, 7) is 33.3. The van der Waals surface area contributed by atoms with E-state index in [4.69, 9.17) is 0 Å². The van der Waals surface area contributed by atoms with Crippen LogP contribution in [0.3, 0.4) is 0 Å². The molecule has 2 heteroatoms. The molecule has 0 radical (unpaired) electrons. The lowest BCUT2D eigenvalue weighted by Crippen LogP contribution is -2.53. The van der Waals surface area contributed by atoms with E-state index in [0.29, 0.717) is 35.0 Å². The lowest BCUT2D eigenvalue weighted by molar-refractivity contribution is 0.371. The van der Waals surface area contributed by atoms with E-state index in [1.807, 2.05) is 0 Å². The van der Waals surface area contributed by atoms with Crippen molar-refractivity contribution in [2.45, 2.75) is 125 Å². The highest BCUT2D eigenvalue weighted by Gasteiger charge is 2.57. The summed E-state index contributed by atoms with van der Waals surface area (Å²) < 4.78 is 0. The van der Waals surface area contributed by atoms with E-state index in [1.54, 1.807) is 11.1 Å². The first-order chi connectivity index (χ1) is 15.9. The number of aromatic hydroxyl groups is 1. The van der Waals surface area contributed by atoms with Crippen molar-refractivity contribution in [1.29, 1.82) is 0 Å². The quantitative estimate of drug-likeness (QED) is 0.413. The molecule has 2 aliphatic rings. The molecule has 0 saturated heterocycles. The van der Waals surface area contributed by atoms with Gasteiger partial charge < -0.3 is 5.11 Å². The fraction of sp³-hybridized carbons (Fsp3) is 0.697. The Morgan fingerprint density at radius 1 is 0.800 bits per heavy atom. The summed E-state index contributed by atoms with van der Waals surface area (Å²) in [5.74, 6) is 3.16. The number of phenolic OH excluding ortho intramolecular Hbond substituents is 1. The van der Waals surface area contributed by atoms with Crippen molar-refractivity contribution in [3.63, 3.8) is 0 Å². The molecule has 0 bridgehead atoms. The van der Waals surface area contributed by atoms with Crippen molar-refractivity contribution in [1.82, 2.24) is 0 Å². The third-order valence-corrected chi connectivity index (χ3v) is 15.9. The number of fused-ring (bicyclic) bond motifs is 1. The van der Waals surface area contributed by atoms with Crippen molar-refractivity contribution < 1.29 is 5.11 Å². The first-order valence-electron chi connectivity index (χ1n) is 14.1. The van der Waals surface area contributed by atoms with Crippen LogP contribution >= 0.6 is 0 Å². The molecule has 0 spiro atoms. The van der Waals surface area contributed by atoms with E-state index < -0.39 is 8.07 Å². The predicted molar refractivity (Wildman–Crippen MR) is 158 cm³/mol. The maximum atomic E-state index is 12.0. The topological polar surface area (TPSA) is 20.2 Å². The minimum atomic E-state index is -2.10. The number of benzene rings is 1. The maximum Gasteiger partial charge on any atom is 0.118 e. The second kappa shape index (κ2) is 9.23. The number of rotatable bonds is 4. The van der Waals surface area contributed by atoms with Gasteiger partial charge in [0.15, 0.2) is 0 Å². The van der Waals surface area contributed by atoms with Gasteiger partial charge in [-0.05, 0) is 95.2 Å². The van der Waals surface area contributed by atoms with Crippen molar-refractivity contribution >= 4 is 13.3 Å². The molecule has 1 aromatic rings. The minimum absolute atomic E-state index is 0.0504. The van der Waals surface area contributed by atoms with Crippen LogP contribution in [0.5, 0.6) is 5.75 Å². The molecular weight excluding hydrogens is 440 g/mol. The average molecular weight is 495 g/mol. The Balaban J connectivity index is 2.36. The lowest BCUT2D eigenvalue weighted by Gasteiger charge is -2.44. The molecule has 1 fully saturated rings. The summed E-state index contributed by atoms with van der Waals surface area (Å²) in [4.78, 5) is 0. The molecule has 35 heavy (non-hydrogen) atoms. The summed E-state index contributed by atoms with van der Waals surface area (Å²) >= 11 is 0. The van der Waals surface area contributed by atoms with Gasteiger partial charge in [0.2, 0.25) is 0 Å². The Bertz CT molecular complexity index is 1040. The van der Waals surface area contributed by atoms with Gasteiger partial charge in [0.05, 0.1) is 8.07 Å². The minimum Gasteiger partial charge on any atom is -0.508 e. The second-order valence-corrected chi connectivity index (χ2v) is 19.0. The first-order valence-corrected chi connectivity index (χ1v) is 16.9. The van der Waals surface area contributed by atoms with Crippen LogP contribution in [-0.2, 0) is 10.8 Å². The van der Waals surface area contributed by atoms with Gasteiger partial charge in [-0.3, -0.25) is 0 Å². The molecule has 0 heterocycles. The highest BCUT2D eigenvalue weighted by Crippen LogP contribution is 2.62. The van der Waals surface area contributed by atoms with Crippen LogP contribution in [0.15, 0.2) is 34.4 Å². The third kappa shape index (κ3) is 4.51. The van der Waals surface area contributed by atoms with E-state index in [9.17, 15) is 5.11 Å². The zero-order valence-electron chi connectivity index (χ0n) is 25.4. The first kappa shape index (κ1) is 28.3. The standard InChI is InChI=1S/C33H54OSi/c1-15-16-35(14,27-18-25(32(8,9)10)17-26(30(27)34)33(11,12)13)31-24(7)23(6)28-21(4)19(2)20(3)22(5)29(28)31/h17-18,23-24,28-29,31,34H,15-16H2,1-14H3. The molecule has 0 aromatic heterocycles. The van der Waals surface area contributed by atoms with Gasteiger partial charge in [0.25, 0.3) is 0 Å². The fourth-order valence-electron chi connectivity index (χ4n) is 7.88. The smallest absolute Gasteiger partial charge is 0.118 e. The van der Waals surface area contributed by atoms with E-state index in [-0.39, 0.29) is 10.8 Å². The Morgan fingerprint density at radius 2 is 1.31 bits per heavy atom. The Kier molecular flexibility index (Phi) is 7.46. The highest BCUT2D eigenvalue weighted by atomic mass is 28.3. The van der Waals surface area contributed by atoms with Crippen LogP contribution in [0.4, 0.5) is 0 Å². The van der Waals surface area contributed by atoms with E-state index in [2.05, 4.69) is 109 Å². The summed E-state index contributed by atoms with van der Waals surface area (Å²) in [5, 5.41) is 13.3. The van der Waals surface area contributed by atoms with Crippen LogP contribution in [0.2, 0.25) is 18.1 Å². The highest BCUT2D eigenvalue weighted by molar-refractivity contribution is 6.92. The zero-order chi connectivity index (χ0) is 26.8. The van der Waals surface area contributed by atoms with Crippen molar-refractivity contribution in [3.05, 3.63) is 45.6 Å². The number of hydrogen-bond acceptors (Lipinski definition) is 1. The van der Waals surface area contributed by atoms with Crippen LogP contribution in [0.25, 0.3) is 0 Å². The molecule has 0 aliphatic heterocycles. The third-order valence-electron chi connectivity index (χ3n) is 10.4. The normalized spacial score (nSPS) is 29.5. The molecule has 3 rings (SSSR count). The SMILES string of the molecule is CCC[Si](C)(c1cc(C(C)(C)C)cc(C(C)(C)C)c1O)C1C(C)C(C)C2C(C)=C(C)C(C)=C(C)C21. The van der Waals surface area contributed by atoms with E-state index >= 15 is 0 Å². The van der Waals surface area contributed by atoms with Crippen LogP contribution in [-0.4, -0.2) is 13.2 Å². The number of allylic oxidation sites excluding steroid dienone is 4. The van der Waals surface area contributed by atoms with E-state index in [1.165, 1.54) is 34.4 Å². The van der Waals surface area contributed by atoms with Gasteiger partial charge in [-0.2, -0.15) is 0 Å².